The first-order valence-corrected chi connectivity index (χ1v) is 4.49. The molecule has 0 aromatic carbocycles. The molecule has 11 heavy (non-hydrogen) atoms. The summed E-state index contributed by atoms with van der Waals surface area (Å²) in [5.41, 5.74) is 6.68. The number of nitrogens with two attached hydrogens (primary N) is 1. The molecule has 1 nitrogen and oxygen atoms in total. The van der Waals surface area contributed by atoms with E-state index in [0.717, 1.165) is 0 Å². The molecule has 1 rings (SSSR count). The number of hydrogen-bond acceptors (Lipinski definition) is 2. The molecule has 2 heteroatoms. The van der Waals surface area contributed by atoms with Crippen molar-refractivity contribution in [1.29, 1.82) is 0 Å². The lowest BCUT2D eigenvalue weighted by Gasteiger charge is -1.93. The van der Waals surface area contributed by atoms with E-state index in [9.17, 15) is 0 Å². The summed E-state index contributed by atoms with van der Waals surface area (Å²) in [6, 6.07) is 4.27. The molecule has 60 valence electrons. The molecule has 0 saturated heterocycles. The van der Waals surface area contributed by atoms with Gasteiger partial charge in [0.1, 0.15) is 0 Å². The van der Waals surface area contributed by atoms with Crippen molar-refractivity contribution in [3.63, 3.8) is 0 Å². The molecule has 0 saturated carbocycles. The van der Waals surface area contributed by atoms with Gasteiger partial charge in [-0.15, -0.1) is 11.3 Å². The molecule has 0 aliphatic carbocycles. The maximum absolute atomic E-state index is 5.40. The van der Waals surface area contributed by atoms with E-state index >= 15 is 0 Å². The molecule has 0 aliphatic rings. The first-order valence-electron chi connectivity index (χ1n) is 3.67. The Morgan fingerprint density at radius 1 is 1.64 bits per heavy atom. The van der Waals surface area contributed by atoms with Crippen LogP contribution in [0.25, 0.3) is 5.57 Å². The fraction of sp³-hybridized carbons (Fsp3) is 0.333. The zero-order chi connectivity index (χ0) is 8.27. The van der Waals surface area contributed by atoms with Crippen molar-refractivity contribution in [1.82, 2.24) is 0 Å². The van der Waals surface area contributed by atoms with Crippen LogP contribution in [0.4, 0.5) is 0 Å². The van der Waals surface area contributed by atoms with Crippen LogP contribution in [-0.4, -0.2) is 6.54 Å². The molecule has 0 spiro atoms. The predicted octanol–water partition coefficient (Wildman–Crippen LogP) is 2.42. The molecule has 0 radical (unpaired) electrons. The van der Waals surface area contributed by atoms with E-state index in [4.69, 9.17) is 5.73 Å². The lowest BCUT2D eigenvalue weighted by Crippen LogP contribution is -1.93. The third-order valence-corrected chi connectivity index (χ3v) is 2.69. The Kier molecular flexibility index (Phi) is 2.85. The van der Waals surface area contributed by atoms with Gasteiger partial charge in [-0.2, -0.15) is 0 Å². The average molecular weight is 167 g/mol. The molecule has 0 fully saturated rings. The molecule has 0 unspecified atom stereocenters. The summed E-state index contributed by atoms with van der Waals surface area (Å²) >= 11 is 1.81. The monoisotopic (exact) mass is 167 g/mol. The van der Waals surface area contributed by atoms with Crippen LogP contribution in [0.15, 0.2) is 18.2 Å². The van der Waals surface area contributed by atoms with E-state index < -0.39 is 0 Å². The van der Waals surface area contributed by atoms with Crippen LogP contribution in [0, 0.1) is 6.92 Å². The minimum Gasteiger partial charge on any atom is -0.327 e. The van der Waals surface area contributed by atoms with E-state index in [1.807, 2.05) is 17.4 Å². The van der Waals surface area contributed by atoms with Crippen molar-refractivity contribution in [2.45, 2.75) is 13.8 Å². The molecular weight excluding hydrogens is 154 g/mol. The normalized spacial score (nSPS) is 12.1. The zero-order valence-electron chi connectivity index (χ0n) is 6.92. The Bertz CT molecular complexity index is 260. The van der Waals surface area contributed by atoms with E-state index in [1.54, 1.807) is 0 Å². The van der Waals surface area contributed by atoms with Gasteiger partial charge in [0.05, 0.1) is 0 Å². The van der Waals surface area contributed by atoms with Crippen molar-refractivity contribution < 1.29 is 0 Å². The fourth-order valence-corrected chi connectivity index (χ4v) is 1.79. The minimum atomic E-state index is 0.628. The second-order valence-electron chi connectivity index (χ2n) is 2.53. The number of rotatable bonds is 2. The van der Waals surface area contributed by atoms with Crippen molar-refractivity contribution >= 4 is 16.9 Å². The highest BCUT2D eigenvalue weighted by Gasteiger charge is 1.96. The second kappa shape index (κ2) is 3.69. The lowest BCUT2D eigenvalue weighted by molar-refractivity contribution is 1.25. The molecule has 1 aromatic heterocycles. The zero-order valence-corrected chi connectivity index (χ0v) is 7.74. The third-order valence-electron chi connectivity index (χ3n) is 1.55. The highest BCUT2D eigenvalue weighted by molar-refractivity contribution is 7.13. The Hall–Kier alpha value is -0.600. The van der Waals surface area contributed by atoms with Gasteiger partial charge >= 0.3 is 0 Å². The first kappa shape index (κ1) is 8.50. The molecule has 0 bridgehead atoms. The summed E-state index contributed by atoms with van der Waals surface area (Å²) in [6.45, 7) is 4.84. The summed E-state index contributed by atoms with van der Waals surface area (Å²) in [4.78, 5) is 2.68. The average Bonchev–Trinajstić information content (AvgIpc) is 2.36. The molecule has 1 aromatic rings. The van der Waals surface area contributed by atoms with Crippen LogP contribution in [0.1, 0.15) is 16.7 Å². The Morgan fingerprint density at radius 2 is 2.36 bits per heavy atom. The third kappa shape index (κ3) is 2.17. The summed E-state index contributed by atoms with van der Waals surface area (Å²) in [7, 11) is 0. The number of hydrogen-bond donors (Lipinski definition) is 1. The quantitative estimate of drug-likeness (QED) is 0.719. The number of allylic oxidation sites excluding steroid dienone is 1. The standard InChI is InChI=1S/C9H13NS/c1-7(5-6-10)9-4-3-8(2)11-9/h3-5H,6,10H2,1-2H3. The first-order chi connectivity index (χ1) is 5.24. The topological polar surface area (TPSA) is 26.0 Å². The van der Waals surface area contributed by atoms with Crippen molar-refractivity contribution in [3.05, 3.63) is 28.0 Å². The SMILES string of the molecule is CC(=CCN)c1ccc(C)s1. The molecule has 1 heterocycles. The van der Waals surface area contributed by atoms with Crippen molar-refractivity contribution in [2.75, 3.05) is 6.54 Å². The summed E-state index contributed by atoms with van der Waals surface area (Å²) in [5, 5.41) is 0. The number of thiophene rings is 1. The van der Waals surface area contributed by atoms with Gasteiger partial charge in [0.15, 0.2) is 0 Å². The van der Waals surface area contributed by atoms with Crippen molar-refractivity contribution in [2.24, 2.45) is 5.73 Å². The van der Waals surface area contributed by atoms with E-state index in [1.165, 1.54) is 15.3 Å². The predicted molar refractivity (Wildman–Crippen MR) is 51.8 cm³/mol. The second-order valence-corrected chi connectivity index (χ2v) is 3.82. The van der Waals surface area contributed by atoms with E-state index in [-0.39, 0.29) is 0 Å². The highest BCUT2D eigenvalue weighted by Crippen LogP contribution is 2.22. The Balaban J connectivity index is 2.84. The molecule has 0 atom stereocenters. The highest BCUT2D eigenvalue weighted by atomic mass is 32.1. The van der Waals surface area contributed by atoms with Gasteiger partial charge < -0.3 is 5.73 Å². The van der Waals surface area contributed by atoms with Gasteiger partial charge in [-0.05, 0) is 31.6 Å². The van der Waals surface area contributed by atoms with Gasteiger partial charge in [-0.1, -0.05) is 6.08 Å². The summed E-state index contributed by atoms with van der Waals surface area (Å²) < 4.78 is 0. The lowest BCUT2D eigenvalue weighted by atomic mass is 10.2. The molecular formula is C9H13NS. The van der Waals surface area contributed by atoms with Crippen LogP contribution in [0.2, 0.25) is 0 Å². The largest absolute Gasteiger partial charge is 0.327 e. The van der Waals surface area contributed by atoms with Gasteiger partial charge in [-0.25, -0.2) is 0 Å². The van der Waals surface area contributed by atoms with Crippen LogP contribution in [-0.2, 0) is 0 Å². The van der Waals surface area contributed by atoms with Gasteiger partial charge in [0.2, 0.25) is 0 Å². The van der Waals surface area contributed by atoms with Crippen LogP contribution < -0.4 is 5.73 Å². The molecule has 2 N–H and O–H groups in total. The Labute approximate surface area is 71.5 Å². The van der Waals surface area contributed by atoms with Gasteiger partial charge in [0.25, 0.3) is 0 Å². The maximum Gasteiger partial charge on any atom is 0.0299 e. The van der Waals surface area contributed by atoms with E-state index in [0.29, 0.717) is 6.54 Å². The van der Waals surface area contributed by atoms with Crippen molar-refractivity contribution in [3.8, 4) is 0 Å². The maximum atomic E-state index is 5.40. The van der Waals surface area contributed by atoms with Crippen LogP contribution in [0.5, 0.6) is 0 Å². The Morgan fingerprint density at radius 3 is 2.82 bits per heavy atom. The van der Waals surface area contributed by atoms with Gasteiger partial charge in [0, 0.05) is 16.3 Å². The fourth-order valence-electron chi connectivity index (χ4n) is 0.924. The summed E-state index contributed by atoms with van der Waals surface area (Å²) in [6.07, 6.45) is 2.05. The van der Waals surface area contributed by atoms with E-state index in [2.05, 4.69) is 26.0 Å². The van der Waals surface area contributed by atoms with Gasteiger partial charge in [-0.3, -0.25) is 0 Å². The smallest absolute Gasteiger partial charge is 0.0299 e. The van der Waals surface area contributed by atoms with Crippen LogP contribution in [0.3, 0.4) is 0 Å². The summed E-state index contributed by atoms with van der Waals surface area (Å²) in [5.74, 6) is 0. The molecule has 0 amide bonds. The minimum absolute atomic E-state index is 0.628. The van der Waals surface area contributed by atoms with Crippen LogP contribution >= 0.6 is 11.3 Å². The number of aryl methyl sites for hydroxylation is 1. The molecule has 0 aliphatic heterocycles.